The van der Waals surface area contributed by atoms with Crippen LogP contribution in [0.15, 0.2) is 70.2 Å². The minimum Gasteiger partial charge on any atom is -0.478 e. The molecule has 2 heterocycles. The van der Waals surface area contributed by atoms with Crippen molar-refractivity contribution in [1.29, 1.82) is 0 Å². The number of benzene rings is 2. The summed E-state index contributed by atoms with van der Waals surface area (Å²) >= 11 is 1.51. The van der Waals surface area contributed by atoms with Crippen LogP contribution in [0.5, 0.6) is 0 Å². The van der Waals surface area contributed by atoms with Gasteiger partial charge in [0.05, 0.1) is 22.0 Å². The Morgan fingerprint density at radius 1 is 1.12 bits per heavy atom. The van der Waals surface area contributed by atoms with Crippen LogP contribution in [0.3, 0.4) is 0 Å². The molecular formula is C19H13N3O3S. The predicted molar refractivity (Wildman–Crippen MR) is 102 cm³/mol. The summed E-state index contributed by atoms with van der Waals surface area (Å²) in [5, 5.41) is 14.1. The van der Waals surface area contributed by atoms with Gasteiger partial charge >= 0.3 is 5.97 Å². The average Bonchev–Trinajstić information content (AvgIpc) is 3.28. The molecule has 6 nitrogen and oxygen atoms in total. The monoisotopic (exact) mass is 363 g/mol. The Balaban J connectivity index is 1.51. The first-order valence-electron chi connectivity index (χ1n) is 7.78. The highest BCUT2D eigenvalue weighted by molar-refractivity contribution is 7.22. The van der Waals surface area contributed by atoms with Crippen LogP contribution in [-0.4, -0.2) is 22.3 Å². The first-order chi connectivity index (χ1) is 12.7. The fraction of sp³-hybridized carbons (Fsp3) is 0. The Morgan fingerprint density at radius 3 is 2.77 bits per heavy atom. The molecule has 0 aliphatic rings. The van der Waals surface area contributed by atoms with Crippen molar-refractivity contribution in [3.8, 4) is 11.3 Å². The molecule has 0 fully saturated rings. The molecule has 26 heavy (non-hydrogen) atoms. The van der Waals surface area contributed by atoms with Gasteiger partial charge < -0.3 is 9.52 Å². The van der Waals surface area contributed by atoms with Gasteiger partial charge in [0.25, 0.3) is 0 Å². The zero-order valence-electron chi connectivity index (χ0n) is 13.4. The highest BCUT2D eigenvalue weighted by atomic mass is 32.1. The molecule has 0 unspecified atom stereocenters. The minimum atomic E-state index is -0.996. The number of hydrazone groups is 1. The fourth-order valence-electron chi connectivity index (χ4n) is 2.52. The number of nitrogens with one attached hydrogen (secondary N) is 1. The molecule has 0 aliphatic carbocycles. The second-order valence-electron chi connectivity index (χ2n) is 5.41. The van der Waals surface area contributed by atoms with Gasteiger partial charge in [-0.3, -0.25) is 5.43 Å². The van der Waals surface area contributed by atoms with Crippen molar-refractivity contribution in [3.63, 3.8) is 0 Å². The van der Waals surface area contributed by atoms with Crippen LogP contribution >= 0.6 is 11.3 Å². The normalized spacial score (nSPS) is 11.2. The molecule has 2 aromatic heterocycles. The molecule has 0 amide bonds. The summed E-state index contributed by atoms with van der Waals surface area (Å²) in [6, 6.07) is 18.0. The molecule has 0 spiro atoms. The third-order valence-corrected chi connectivity index (χ3v) is 4.64. The molecule has 0 atom stereocenters. The summed E-state index contributed by atoms with van der Waals surface area (Å²) < 4.78 is 6.77. The highest BCUT2D eigenvalue weighted by Gasteiger charge is 2.13. The van der Waals surface area contributed by atoms with Gasteiger partial charge in [-0.2, -0.15) is 5.10 Å². The van der Waals surface area contributed by atoms with Crippen LogP contribution in [0.25, 0.3) is 21.5 Å². The number of para-hydroxylation sites is 1. The number of rotatable bonds is 5. The van der Waals surface area contributed by atoms with Crippen LogP contribution < -0.4 is 5.43 Å². The Kier molecular flexibility index (Phi) is 4.20. The molecule has 0 radical (unpaired) electrons. The first-order valence-corrected chi connectivity index (χ1v) is 8.59. The number of carboxylic acids is 1. The third-order valence-electron chi connectivity index (χ3n) is 3.70. The van der Waals surface area contributed by atoms with Crippen LogP contribution in [-0.2, 0) is 0 Å². The second kappa shape index (κ2) is 6.81. The SMILES string of the molecule is O=C(O)c1ccccc1-c1ccc(/C=N/Nc2nc3ccccc3s2)o1. The maximum Gasteiger partial charge on any atom is 0.336 e. The maximum absolute atomic E-state index is 11.3. The summed E-state index contributed by atoms with van der Waals surface area (Å²) in [5.74, 6) is -0.0111. The summed E-state index contributed by atoms with van der Waals surface area (Å²) in [4.78, 5) is 15.7. The van der Waals surface area contributed by atoms with Crippen molar-refractivity contribution >= 4 is 38.9 Å². The van der Waals surface area contributed by atoms with Crippen LogP contribution in [0.1, 0.15) is 16.1 Å². The number of carboxylic acid groups (broad SMARTS) is 1. The molecule has 4 aromatic rings. The van der Waals surface area contributed by atoms with Crippen molar-refractivity contribution in [1.82, 2.24) is 4.98 Å². The van der Waals surface area contributed by atoms with E-state index in [2.05, 4.69) is 15.5 Å². The molecule has 0 saturated heterocycles. The summed E-state index contributed by atoms with van der Waals surface area (Å²) in [6.07, 6.45) is 1.53. The van der Waals surface area contributed by atoms with Crippen molar-refractivity contribution in [2.24, 2.45) is 5.10 Å². The van der Waals surface area contributed by atoms with Gasteiger partial charge in [0.1, 0.15) is 11.5 Å². The topological polar surface area (TPSA) is 87.7 Å². The number of hydrogen-bond acceptors (Lipinski definition) is 6. The van der Waals surface area contributed by atoms with E-state index in [-0.39, 0.29) is 5.56 Å². The lowest BCUT2D eigenvalue weighted by atomic mass is 10.1. The average molecular weight is 363 g/mol. The Morgan fingerprint density at radius 2 is 1.92 bits per heavy atom. The van der Waals surface area contributed by atoms with Gasteiger partial charge in [-0.05, 0) is 30.3 Å². The van der Waals surface area contributed by atoms with E-state index in [1.54, 1.807) is 36.4 Å². The Bertz CT molecular complexity index is 1080. The zero-order valence-corrected chi connectivity index (χ0v) is 14.2. The fourth-order valence-corrected chi connectivity index (χ4v) is 3.34. The van der Waals surface area contributed by atoms with E-state index in [9.17, 15) is 9.90 Å². The zero-order chi connectivity index (χ0) is 17.9. The lowest BCUT2D eigenvalue weighted by molar-refractivity contribution is 0.0697. The lowest BCUT2D eigenvalue weighted by Gasteiger charge is -2.01. The standard InChI is InChI=1S/C19H13N3O3S/c23-18(24)14-6-2-1-5-13(14)16-10-9-12(25-16)11-20-22-19-21-15-7-3-4-8-17(15)26-19/h1-11H,(H,21,22)(H,23,24)/b20-11+. The van der Waals surface area contributed by atoms with Crippen LogP contribution in [0.2, 0.25) is 0 Å². The number of carbonyl (C=O) groups is 1. The Hall–Kier alpha value is -3.45. The summed E-state index contributed by atoms with van der Waals surface area (Å²) in [5.41, 5.74) is 4.52. The number of aromatic nitrogens is 1. The van der Waals surface area contributed by atoms with Crippen LogP contribution in [0, 0.1) is 0 Å². The predicted octanol–water partition coefficient (Wildman–Crippen LogP) is 4.70. The van der Waals surface area contributed by atoms with Gasteiger partial charge in [0, 0.05) is 5.56 Å². The molecule has 2 aromatic carbocycles. The van der Waals surface area contributed by atoms with Gasteiger partial charge in [0.15, 0.2) is 0 Å². The number of hydrogen-bond donors (Lipinski definition) is 2. The van der Waals surface area contributed by atoms with Crippen LogP contribution in [0.4, 0.5) is 5.13 Å². The van der Waals surface area contributed by atoms with Crippen molar-refractivity contribution in [3.05, 3.63) is 72.0 Å². The van der Waals surface area contributed by atoms with Crippen molar-refractivity contribution in [2.45, 2.75) is 0 Å². The molecule has 0 saturated carbocycles. The van der Waals surface area contributed by atoms with Crippen molar-refractivity contribution < 1.29 is 14.3 Å². The smallest absolute Gasteiger partial charge is 0.336 e. The summed E-state index contributed by atoms with van der Waals surface area (Å²) in [7, 11) is 0. The van der Waals surface area contributed by atoms with E-state index in [1.807, 2.05) is 24.3 Å². The lowest BCUT2D eigenvalue weighted by Crippen LogP contribution is -1.98. The molecule has 128 valence electrons. The van der Waals surface area contributed by atoms with E-state index in [0.29, 0.717) is 22.2 Å². The van der Waals surface area contributed by atoms with Gasteiger partial charge in [0.2, 0.25) is 5.13 Å². The van der Waals surface area contributed by atoms with E-state index in [4.69, 9.17) is 4.42 Å². The molecule has 2 N–H and O–H groups in total. The van der Waals surface area contributed by atoms with E-state index >= 15 is 0 Å². The molecule has 0 aliphatic heterocycles. The van der Waals surface area contributed by atoms with Gasteiger partial charge in [-0.1, -0.05) is 41.7 Å². The van der Waals surface area contributed by atoms with Crippen molar-refractivity contribution in [2.75, 3.05) is 5.43 Å². The molecule has 4 rings (SSSR count). The van der Waals surface area contributed by atoms with E-state index < -0.39 is 5.97 Å². The number of fused-ring (bicyclic) bond motifs is 1. The minimum absolute atomic E-state index is 0.193. The number of aromatic carboxylic acids is 1. The van der Waals surface area contributed by atoms with Gasteiger partial charge in [-0.15, -0.1) is 0 Å². The largest absolute Gasteiger partial charge is 0.478 e. The molecule has 7 heteroatoms. The second-order valence-corrected chi connectivity index (χ2v) is 6.44. The number of nitrogens with zero attached hydrogens (tertiary/aromatic N) is 2. The van der Waals surface area contributed by atoms with E-state index in [1.165, 1.54) is 17.6 Å². The van der Waals surface area contributed by atoms with E-state index in [0.717, 1.165) is 10.2 Å². The number of furan rings is 1. The molecule has 0 bridgehead atoms. The quantitative estimate of drug-likeness (QED) is 0.396. The number of thiazole rings is 1. The summed E-state index contributed by atoms with van der Waals surface area (Å²) in [6.45, 7) is 0. The maximum atomic E-state index is 11.3. The van der Waals surface area contributed by atoms with Gasteiger partial charge in [-0.25, -0.2) is 9.78 Å². The third kappa shape index (κ3) is 3.20. The Labute approximate surface area is 152 Å². The number of anilines is 1. The molecular weight excluding hydrogens is 350 g/mol. The highest BCUT2D eigenvalue weighted by Crippen LogP contribution is 2.26. The first kappa shape index (κ1) is 16.0.